The molecule has 3 aromatic rings. The van der Waals surface area contributed by atoms with E-state index < -0.39 is 67.4 Å². The predicted molar refractivity (Wildman–Crippen MR) is 163 cm³/mol. The number of hydrogen-bond donors (Lipinski definition) is 1. The molecule has 3 aromatic carbocycles. The number of alkyl halides is 6. The third kappa shape index (κ3) is 6.93. The van der Waals surface area contributed by atoms with Crippen molar-refractivity contribution in [3.8, 4) is 0 Å². The Hall–Kier alpha value is -3.81. The van der Waals surface area contributed by atoms with Gasteiger partial charge in [0.2, 0.25) is 0 Å². The van der Waals surface area contributed by atoms with Gasteiger partial charge in [-0.05, 0) is 54.1 Å². The number of ether oxygens (including phenoxy) is 1. The molecule has 252 valence electrons. The minimum atomic E-state index is -6.14. The van der Waals surface area contributed by atoms with Crippen LogP contribution in [0.2, 0.25) is 0 Å². The summed E-state index contributed by atoms with van der Waals surface area (Å²) in [6, 6.07) is 14.2. The van der Waals surface area contributed by atoms with Gasteiger partial charge >= 0.3 is 12.4 Å². The fraction of sp³-hybridized carbons (Fsp3) is 0.265. The summed E-state index contributed by atoms with van der Waals surface area (Å²) in [5, 5.41) is 3.28. The average molecular weight is 688 g/mol. The smallest absolute Gasteiger partial charge is 0.349 e. The second kappa shape index (κ2) is 13.4. The van der Waals surface area contributed by atoms with Crippen molar-refractivity contribution in [1.29, 1.82) is 0 Å². The SMILES string of the molecule is C=C(F)/C=C\C(=C)S(=C)(=O)C1(c2ccc(C(OCc3c(F)cccc3F)(C(F)(F)F)C(F)(F)F)cc2)CC(NCc2ccccc2)C1. The lowest BCUT2D eigenvalue weighted by Crippen LogP contribution is -2.56. The maximum atomic E-state index is 14.4. The zero-order chi connectivity index (χ0) is 34.8. The van der Waals surface area contributed by atoms with Crippen LogP contribution in [0.5, 0.6) is 0 Å². The molecule has 1 aliphatic rings. The molecule has 0 bridgehead atoms. The van der Waals surface area contributed by atoms with E-state index in [0.29, 0.717) is 30.8 Å². The van der Waals surface area contributed by atoms with Crippen molar-refractivity contribution in [1.82, 2.24) is 5.32 Å². The van der Waals surface area contributed by atoms with Crippen LogP contribution >= 0.6 is 0 Å². The number of halogens is 9. The Morgan fingerprint density at radius 2 is 1.43 bits per heavy atom. The fourth-order valence-corrected chi connectivity index (χ4v) is 7.82. The molecule has 0 radical (unpaired) electrons. The minimum Gasteiger partial charge on any atom is -0.349 e. The van der Waals surface area contributed by atoms with Gasteiger partial charge in [0.05, 0.1) is 11.4 Å². The maximum absolute atomic E-state index is 14.4. The standard InChI is InChI=1S/C34H30F9NO2S/c1-22(35)12-13-23(2)47(3,45)31(18-27(19-31)44-20-24-8-5-4-6-9-24)25-14-16-26(17-15-25)32(33(38,39)40,34(41,42)43)46-21-28-29(36)10-7-11-30(28)37/h4-17,27,44H,1-3,18-21H2/b13-12-. The maximum Gasteiger partial charge on any atom is 0.430 e. The highest BCUT2D eigenvalue weighted by atomic mass is 32.2. The van der Waals surface area contributed by atoms with Crippen molar-refractivity contribution in [2.75, 3.05) is 0 Å². The Bertz CT molecular complexity index is 1710. The van der Waals surface area contributed by atoms with Gasteiger partial charge < -0.3 is 10.1 Å². The van der Waals surface area contributed by atoms with Crippen LogP contribution in [0.4, 0.5) is 39.5 Å². The van der Waals surface area contributed by atoms with E-state index in [1.54, 1.807) is 0 Å². The lowest BCUT2D eigenvalue weighted by atomic mass is 9.74. The zero-order valence-corrected chi connectivity index (χ0v) is 25.6. The molecular formula is C34H30F9NO2S. The summed E-state index contributed by atoms with van der Waals surface area (Å²) in [5.74, 6) is 0.185. The van der Waals surface area contributed by atoms with Gasteiger partial charge in [-0.2, -0.15) is 26.3 Å². The number of rotatable bonds is 12. The van der Waals surface area contributed by atoms with Gasteiger partial charge in [0.1, 0.15) is 17.5 Å². The lowest BCUT2D eigenvalue weighted by Gasteiger charge is -2.50. The van der Waals surface area contributed by atoms with Crippen LogP contribution in [0.15, 0.2) is 109 Å². The summed E-state index contributed by atoms with van der Waals surface area (Å²) in [7, 11) is -3.48. The highest BCUT2D eigenvalue weighted by Crippen LogP contribution is 2.55. The van der Waals surface area contributed by atoms with Crippen LogP contribution in [-0.4, -0.2) is 28.5 Å². The lowest BCUT2D eigenvalue weighted by molar-refractivity contribution is -0.392. The van der Waals surface area contributed by atoms with Crippen LogP contribution in [0.25, 0.3) is 0 Å². The first-order chi connectivity index (χ1) is 21.9. The van der Waals surface area contributed by atoms with E-state index in [4.69, 9.17) is 0 Å². The molecule has 4 rings (SSSR count). The number of hydrogen-bond acceptors (Lipinski definition) is 3. The highest BCUT2D eigenvalue weighted by molar-refractivity contribution is 8.04. The van der Waals surface area contributed by atoms with E-state index in [1.807, 2.05) is 30.3 Å². The van der Waals surface area contributed by atoms with Crippen molar-refractivity contribution in [3.63, 3.8) is 0 Å². The summed E-state index contributed by atoms with van der Waals surface area (Å²) in [6.45, 7) is 5.56. The molecular weight excluding hydrogens is 657 g/mol. The van der Waals surface area contributed by atoms with Gasteiger partial charge in [0, 0.05) is 38.1 Å². The van der Waals surface area contributed by atoms with Gasteiger partial charge in [-0.1, -0.05) is 73.8 Å². The Kier molecular flexibility index (Phi) is 10.2. The normalized spacial score (nSPS) is 20.1. The van der Waals surface area contributed by atoms with Gasteiger partial charge in [-0.25, -0.2) is 13.2 Å². The Morgan fingerprint density at radius 1 is 0.872 bits per heavy atom. The molecule has 1 atom stereocenters. The summed E-state index contributed by atoms with van der Waals surface area (Å²) in [6.07, 6.45) is -10.1. The van der Waals surface area contributed by atoms with E-state index in [0.717, 1.165) is 35.9 Å². The van der Waals surface area contributed by atoms with Crippen molar-refractivity contribution >= 4 is 15.4 Å². The van der Waals surface area contributed by atoms with E-state index in [1.165, 1.54) is 0 Å². The molecule has 3 nitrogen and oxygen atoms in total. The number of nitrogens with one attached hydrogen (secondary N) is 1. The van der Waals surface area contributed by atoms with Crippen molar-refractivity contribution in [2.45, 2.75) is 54.7 Å². The van der Waals surface area contributed by atoms with Crippen LogP contribution in [0.1, 0.15) is 35.1 Å². The van der Waals surface area contributed by atoms with Gasteiger partial charge in [0.25, 0.3) is 5.60 Å². The second-order valence-corrected chi connectivity index (χ2v) is 13.8. The van der Waals surface area contributed by atoms with Crippen molar-refractivity contribution in [2.24, 2.45) is 0 Å². The van der Waals surface area contributed by atoms with E-state index >= 15 is 0 Å². The summed E-state index contributed by atoms with van der Waals surface area (Å²) in [4.78, 5) is -0.114. The topological polar surface area (TPSA) is 38.3 Å². The zero-order valence-electron chi connectivity index (χ0n) is 24.7. The molecule has 1 saturated carbocycles. The average Bonchev–Trinajstić information content (AvgIpc) is 2.96. The molecule has 1 unspecified atom stereocenters. The van der Waals surface area contributed by atoms with E-state index in [-0.39, 0.29) is 29.4 Å². The Morgan fingerprint density at radius 3 is 1.94 bits per heavy atom. The van der Waals surface area contributed by atoms with Crippen molar-refractivity contribution < 1.29 is 48.5 Å². The molecule has 13 heteroatoms. The molecule has 0 aromatic heterocycles. The van der Waals surface area contributed by atoms with Crippen LogP contribution < -0.4 is 5.32 Å². The summed E-state index contributed by atoms with van der Waals surface area (Å²) in [5.41, 5.74) is -6.51. The molecule has 47 heavy (non-hydrogen) atoms. The van der Waals surface area contributed by atoms with Gasteiger partial charge in [-0.3, -0.25) is 4.21 Å². The third-order valence-corrected chi connectivity index (χ3v) is 11.0. The van der Waals surface area contributed by atoms with Gasteiger partial charge in [-0.15, -0.1) is 0 Å². The molecule has 1 N–H and O–H groups in total. The third-order valence-electron chi connectivity index (χ3n) is 8.21. The van der Waals surface area contributed by atoms with Crippen LogP contribution in [0, 0.1) is 11.6 Å². The highest BCUT2D eigenvalue weighted by Gasteiger charge is 2.73. The fourth-order valence-electron chi connectivity index (χ4n) is 5.57. The Balaban J connectivity index is 1.75. The number of benzene rings is 3. The van der Waals surface area contributed by atoms with Crippen LogP contribution in [0.3, 0.4) is 0 Å². The monoisotopic (exact) mass is 687 g/mol. The number of allylic oxidation sites excluding steroid dienone is 3. The molecule has 0 aliphatic heterocycles. The van der Waals surface area contributed by atoms with E-state index in [2.05, 4.69) is 29.1 Å². The molecule has 0 heterocycles. The molecule has 0 amide bonds. The summed E-state index contributed by atoms with van der Waals surface area (Å²) >= 11 is 0. The molecule has 0 spiro atoms. The van der Waals surface area contributed by atoms with E-state index in [9.17, 15) is 43.7 Å². The van der Waals surface area contributed by atoms with Crippen molar-refractivity contribution in [3.05, 3.63) is 143 Å². The summed E-state index contributed by atoms with van der Waals surface area (Å²) < 4.78 is 146. The van der Waals surface area contributed by atoms with Gasteiger partial charge in [0.15, 0.2) is 0 Å². The molecule has 0 saturated heterocycles. The second-order valence-electron chi connectivity index (χ2n) is 11.1. The van der Waals surface area contributed by atoms with Crippen LogP contribution in [-0.2, 0) is 37.8 Å². The Labute approximate surface area is 266 Å². The predicted octanol–water partition coefficient (Wildman–Crippen LogP) is 8.92. The molecule has 1 fully saturated rings. The quantitative estimate of drug-likeness (QED) is 0.117. The molecule has 1 aliphatic carbocycles. The largest absolute Gasteiger partial charge is 0.430 e. The first-order valence-electron chi connectivity index (χ1n) is 14.0. The minimum absolute atomic E-state index is 0.0889. The first kappa shape index (κ1) is 36.0. The first-order valence-corrected chi connectivity index (χ1v) is 15.8.